The van der Waals surface area contributed by atoms with Crippen molar-refractivity contribution in [3.8, 4) is 5.75 Å². The van der Waals surface area contributed by atoms with Gasteiger partial charge in [0, 0.05) is 11.7 Å². The second kappa shape index (κ2) is 8.39. The number of phenols is 1. The molecule has 24 heavy (non-hydrogen) atoms. The van der Waals surface area contributed by atoms with Crippen LogP contribution in [0.15, 0.2) is 48.5 Å². The smallest absolute Gasteiger partial charge is 0.319 e. The molecule has 3 N–H and O–H groups in total. The maximum atomic E-state index is 12.1. The molecule has 4 heteroatoms. The lowest BCUT2D eigenvalue weighted by molar-refractivity contribution is 0.248. The predicted octanol–water partition coefficient (Wildman–Crippen LogP) is 4.66. The number of carbonyl (C=O) groups is 1. The molecule has 0 saturated carbocycles. The zero-order valence-electron chi connectivity index (χ0n) is 14.5. The van der Waals surface area contributed by atoms with Gasteiger partial charge in [0.05, 0.1) is 0 Å². The van der Waals surface area contributed by atoms with Crippen LogP contribution in [0.4, 0.5) is 10.5 Å². The summed E-state index contributed by atoms with van der Waals surface area (Å²) < 4.78 is 0. The second-order valence-corrected chi connectivity index (χ2v) is 6.48. The molecule has 0 fully saturated rings. The van der Waals surface area contributed by atoms with Gasteiger partial charge in [0.1, 0.15) is 5.75 Å². The third-order valence-corrected chi connectivity index (χ3v) is 3.99. The van der Waals surface area contributed by atoms with Gasteiger partial charge in [-0.1, -0.05) is 38.1 Å². The number of phenolic OH excluding ortho intramolecular Hbond substituents is 1. The molecule has 0 aromatic heterocycles. The average molecular weight is 326 g/mol. The molecular weight excluding hydrogens is 300 g/mol. The van der Waals surface area contributed by atoms with Gasteiger partial charge in [0.2, 0.25) is 0 Å². The van der Waals surface area contributed by atoms with Gasteiger partial charge in [-0.15, -0.1) is 0 Å². The lowest BCUT2D eigenvalue weighted by Gasteiger charge is -2.15. The van der Waals surface area contributed by atoms with E-state index >= 15 is 0 Å². The van der Waals surface area contributed by atoms with Crippen molar-refractivity contribution in [3.63, 3.8) is 0 Å². The largest absolute Gasteiger partial charge is 0.508 e. The zero-order valence-corrected chi connectivity index (χ0v) is 14.5. The van der Waals surface area contributed by atoms with Gasteiger partial charge in [0.25, 0.3) is 0 Å². The Hall–Kier alpha value is -2.49. The quantitative estimate of drug-likeness (QED) is 0.723. The fourth-order valence-electron chi connectivity index (χ4n) is 2.48. The van der Waals surface area contributed by atoms with E-state index in [1.165, 1.54) is 5.56 Å². The minimum absolute atomic E-state index is 0.0621. The van der Waals surface area contributed by atoms with E-state index in [2.05, 4.69) is 30.5 Å². The molecule has 1 atom stereocenters. The summed E-state index contributed by atoms with van der Waals surface area (Å²) in [5.74, 6) is 0.701. The Labute approximate surface area is 143 Å². The third kappa shape index (κ3) is 5.61. The van der Waals surface area contributed by atoms with Crippen molar-refractivity contribution >= 4 is 11.7 Å². The molecule has 0 aliphatic heterocycles. The van der Waals surface area contributed by atoms with E-state index in [4.69, 9.17) is 0 Å². The highest BCUT2D eigenvalue weighted by molar-refractivity contribution is 5.89. The molecule has 2 rings (SSSR count). The summed E-state index contributed by atoms with van der Waals surface area (Å²) >= 11 is 0. The molecule has 0 radical (unpaired) electrons. The van der Waals surface area contributed by atoms with E-state index in [-0.39, 0.29) is 17.8 Å². The van der Waals surface area contributed by atoms with Crippen molar-refractivity contribution in [2.75, 3.05) is 5.32 Å². The minimum atomic E-state index is -0.186. The second-order valence-electron chi connectivity index (χ2n) is 6.48. The first-order chi connectivity index (χ1) is 11.4. The highest BCUT2D eigenvalue weighted by Gasteiger charge is 2.08. The maximum Gasteiger partial charge on any atom is 0.319 e. The predicted molar refractivity (Wildman–Crippen MR) is 98.6 cm³/mol. The highest BCUT2D eigenvalue weighted by atomic mass is 16.3. The molecule has 0 spiro atoms. The lowest BCUT2D eigenvalue weighted by atomic mass is 10.0. The van der Waals surface area contributed by atoms with Gasteiger partial charge >= 0.3 is 6.03 Å². The summed E-state index contributed by atoms with van der Waals surface area (Å²) in [6.07, 6.45) is 1.69. The van der Waals surface area contributed by atoms with Crippen LogP contribution in [0.3, 0.4) is 0 Å². The van der Waals surface area contributed by atoms with Gasteiger partial charge in [-0.05, 0) is 61.1 Å². The van der Waals surface area contributed by atoms with Crippen LogP contribution in [0.5, 0.6) is 5.75 Å². The number of hydrogen-bond acceptors (Lipinski definition) is 2. The molecule has 4 nitrogen and oxygen atoms in total. The molecule has 0 aliphatic rings. The van der Waals surface area contributed by atoms with E-state index in [0.29, 0.717) is 5.92 Å². The first-order valence-electron chi connectivity index (χ1n) is 8.39. The Bertz CT molecular complexity index is 666. The highest BCUT2D eigenvalue weighted by Crippen LogP contribution is 2.18. The van der Waals surface area contributed by atoms with Gasteiger partial charge in [-0.3, -0.25) is 0 Å². The van der Waals surface area contributed by atoms with Crippen LogP contribution in [0, 0.1) is 0 Å². The third-order valence-electron chi connectivity index (χ3n) is 3.99. The van der Waals surface area contributed by atoms with Crippen molar-refractivity contribution < 1.29 is 9.90 Å². The Kier molecular flexibility index (Phi) is 6.24. The van der Waals surface area contributed by atoms with Crippen LogP contribution >= 0.6 is 0 Å². The molecule has 1 unspecified atom stereocenters. The summed E-state index contributed by atoms with van der Waals surface area (Å²) in [5.41, 5.74) is 3.16. The number of nitrogens with one attached hydrogen (secondary N) is 2. The van der Waals surface area contributed by atoms with Crippen molar-refractivity contribution in [1.29, 1.82) is 0 Å². The number of aryl methyl sites for hydroxylation is 1. The Morgan fingerprint density at radius 3 is 2.46 bits per heavy atom. The van der Waals surface area contributed by atoms with Gasteiger partial charge in [-0.2, -0.15) is 0 Å². The van der Waals surface area contributed by atoms with Gasteiger partial charge < -0.3 is 15.7 Å². The molecule has 0 heterocycles. The molecule has 0 aliphatic carbocycles. The zero-order chi connectivity index (χ0) is 17.5. The Morgan fingerprint density at radius 1 is 1.08 bits per heavy atom. The lowest BCUT2D eigenvalue weighted by Crippen LogP contribution is -2.36. The normalized spacial score (nSPS) is 12.0. The van der Waals surface area contributed by atoms with Gasteiger partial charge in [0.15, 0.2) is 0 Å². The standard InChI is InChI=1S/C20H26N2O2/c1-14(2)17-5-4-6-18(13-17)22-20(24)21-15(3)7-8-16-9-11-19(23)12-10-16/h4-6,9-15,23H,7-8H2,1-3H3,(H2,21,22,24). The topological polar surface area (TPSA) is 61.4 Å². The number of urea groups is 1. The van der Waals surface area contributed by atoms with Gasteiger partial charge in [-0.25, -0.2) is 4.79 Å². The van der Waals surface area contributed by atoms with Crippen LogP contribution in [0.2, 0.25) is 0 Å². The summed E-state index contributed by atoms with van der Waals surface area (Å²) in [4.78, 5) is 12.1. The number of amides is 2. The molecular formula is C20H26N2O2. The molecule has 2 aromatic rings. The first kappa shape index (κ1) is 17.9. The fraction of sp³-hybridized carbons (Fsp3) is 0.350. The van der Waals surface area contributed by atoms with E-state index in [0.717, 1.165) is 24.1 Å². The number of hydrogen-bond donors (Lipinski definition) is 3. The van der Waals surface area contributed by atoms with Crippen molar-refractivity contribution in [1.82, 2.24) is 5.32 Å². The maximum absolute atomic E-state index is 12.1. The van der Waals surface area contributed by atoms with Crippen LogP contribution in [-0.2, 0) is 6.42 Å². The summed E-state index contributed by atoms with van der Waals surface area (Å²) in [5, 5.41) is 15.1. The molecule has 128 valence electrons. The SMILES string of the molecule is CC(CCc1ccc(O)cc1)NC(=O)Nc1cccc(C(C)C)c1. The molecule has 2 aromatic carbocycles. The summed E-state index contributed by atoms with van der Waals surface area (Å²) in [6.45, 7) is 6.25. The van der Waals surface area contributed by atoms with Crippen LogP contribution < -0.4 is 10.6 Å². The van der Waals surface area contributed by atoms with E-state index in [1.807, 2.05) is 37.3 Å². The van der Waals surface area contributed by atoms with Crippen molar-refractivity contribution in [2.24, 2.45) is 0 Å². The fourth-order valence-corrected chi connectivity index (χ4v) is 2.48. The number of anilines is 1. The summed E-state index contributed by atoms with van der Waals surface area (Å²) in [7, 11) is 0. The number of aromatic hydroxyl groups is 1. The number of carbonyl (C=O) groups excluding carboxylic acids is 1. The molecule has 0 saturated heterocycles. The van der Waals surface area contributed by atoms with Crippen molar-refractivity contribution in [2.45, 2.75) is 45.6 Å². The van der Waals surface area contributed by atoms with E-state index in [9.17, 15) is 9.90 Å². The number of benzene rings is 2. The first-order valence-corrected chi connectivity index (χ1v) is 8.39. The molecule has 2 amide bonds. The Morgan fingerprint density at radius 2 is 1.79 bits per heavy atom. The number of rotatable bonds is 6. The van der Waals surface area contributed by atoms with E-state index in [1.54, 1.807) is 12.1 Å². The Balaban J connectivity index is 1.81. The van der Waals surface area contributed by atoms with E-state index < -0.39 is 0 Å². The van der Waals surface area contributed by atoms with Crippen molar-refractivity contribution in [3.05, 3.63) is 59.7 Å². The average Bonchev–Trinajstić information content (AvgIpc) is 2.54. The molecule has 0 bridgehead atoms. The summed E-state index contributed by atoms with van der Waals surface area (Å²) in [6, 6.07) is 15.0. The van der Waals surface area contributed by atoms with Crippen LogP contribution in [-0.4, -0.2) is 17.2 Å². The van der Waals surface area contributed by atoms with Crippen LogP contribution in [0.1, 0.15) is 44.2 Å². The van der Waals surface area contributed by atoms with Crippen LogP contribution in [0.25, 0.3) is 0 Å². The monoisotopic (exact) mass is 326 g/mol. The minimum Gasteiger partial charge on any atom is -0.508 e.